The molecule has 5 rings (SSSR count). The first-order valence-electron chi connectivity index (χ1n) is 10.3. The van der Waals surface area contributed by atoms with Crippen molar-refractivity contribution in [2.24, 2.45) is 0 Å². The fraction of sp³-hybridized carbons (Fsp3) is 0.120. The van der Waals surface area contributed by atoms with Crippen LogP contribution in [0, 0.1) is 6.92 Å². The van der Waals surface area contributed by atoms with E-state index in [1.165, 1.54) is 4.68 Å². The summed E-state index contributed by atoms with van der Waals surface area (Å²) in [6.07, 6.45) is 0.411. The zero-order valence-corrected chi connectivity index (χ0v) is 20.0. The lowest BCUT2D eigenvalue weighted by molar-refractivity contribution is -0.117. The molecule has 0 bridgehead atoms. The van der Waals surface area contributed by atoms with Crippen molar-refractivity contribution in [3.8, 4) is 17.3 Å². The molecule has 1 aliphatic rings. The highest BCUT2D eigenvalue weighted by Gasteiger charge is 2.29. The third-order valence-electron chi connectivity index (χ3n) is 5.47. The van der Waals surface area contributed by atoms with Gasteiger partial charge in [0.15, 0.2) is 0 Å². The first-order valence-corrected chi connectivity index (χ1v) is 11.5. The molecule has 0 aliphatic carbocycles. The Labute approximate surface area is 203 Å². The highest BCUT2D eigenvalue weighted by molar-refractivity contribution is 9.10. The Kier molecular flexibility index (Phi) is 5.60. The van der Waals surface area contributed by atoms with E-state index in [0.29, 0.717) is 40.0 Å². The minimum atomic E-state index is -0.326. The molecule has 0 fully saturated rings. The Morgan fingerprint density at radius 1 is 1.12 bits per heavy atom. The number of benzene rings is 3. The number of nitrogens with one attached hydrogen (secondary N) is 1. The van der Waals surface area contributed by atoms with Crippen LogP contribution in [0.2, 0.25) is 5.02 Å². The molecule has 3 aromatic carbocycles. The van der Waals surface area contributed by atoms with Crippen LogP contribution in [-0.4, -0.2) is 15.3 Å². The lowest BCUT2D eigenvalue weighted by Gasteiger charge is -2.20. The van der Waals surface area contributed by atoms with Crippen LogP contribution in [0.5, 0.6) is 11.6 Å². The van der Waals surface area contributed by atoms with Crippen LogP contribution in [0.25, 0.3) is 5.69 Å². The predicted molar refractivity (Wildman–Crippen MR) is 132 cm³/mol. The number of anilines is 1. The van der Waals surface area contributed by atoms with Gasteiger partial charge in [0.05, 0.1) is 22.0 Å². The van der Waals surface area contributed by atoms with Gasteiger partial charge in [-0.05, 0) is 55.0 Å². The SMILES string of the molecule is Cc1ccc(NC(=O)Cn2c3c(c(=O)n2-c2ccccc2)Cc2cc(Br)ccc2O3)c(Cl)c1. The average Bonchev–Trinajstić information content (AvgIpc) is 3.05. The molecule has 1 amide bonds. The summed E-state index contributed by atoms with van der Waals surface area (Å²) in [5.74, 6) is 0.698. The molecule has 1 aliphatic heterocycles. The number of carbonyl (C=O) groups is 1. The van der Waals surface area contributed by atoms with Crippen molar-refractivity contribution in [2.45, 2.75) is 19.9 Å². The summed E-state index contributed by atoms with van der Waals surface area (Å²) in [5.41, 5.74) is 3.34. The normalized spacial score (nSPS) is 12.0. The summed E-state index contributed by atoms with van der Waals surface area (Å²) in [6.45, 7) is 1.80. The second-order valence-electron chi connectivity index (χ2n) is 7.86. The van der Waals surface area contributed by atoms with Crippen molar-refractivity contribution in [2.75, 3.05) is 5.32 Å². The molecule has 4 aromatic rings. The number of aromatic nitrogens is 2. The van der Waals surface area contributed by atoms with E-state index in [2.05, 4.69) is 21.2 Å². The van der Waals surface area contributed by atoms with Crippen LogP contribution < -0.4 is 15.6 Å². The smallest absolute Gasteiger partial charge is 0.278 e. The van der Waals surface area contributed by atoms with E-state index in [-0.39, 0.29) is 18.0 Å². The molecule has 0 spiro atoms. The molecule has 2 heterocycles. The van der Waals surface area contributed by atoms with Gasteiger partial charge in [-0.15, -0.1) is 0 Å². The van der Waals surface area contributed by atoms with Gasteiger partial charge in [0.1, 0.15) is 12.3 Å². The third kappa shape index (κ3) is 4.10. The van der Waals surface area contributed by atoms with Gasteiger partial charge in [-0.25, -0.2) is 9.36 Å². The molecular formula is C25H19BrClN3O3. The van der Waals surface area contributed by atoms with Crippen LogP contribution in [0.4, 0.5) is 5.69 Å². The van der Waals surface area contributed by atoms with E-state index in [0.717, 1.165) is 15.6 Å². The number of nitrogens with zero attached hydrogens (tertiary/aromatic N) is 2. The second kappa shape index (κ2) is 8.57. The topological polar surface area (TPSA) is 65.3 Å². The predicted octanol–water partition coefficient (Wildman–Crippen LogP) is 5.70. The van der Waals surface area contributed by atoms with E-state index in [1.54, 1.807) is 16.8 Å². The highest BCUT2D eigenvalue weighted by atomic mass is 79.9. The van der Waals surface area contributed by atoms with Gasteiger partial charge >= 0.3 is 0 Å². The number of carbonyl (C=O) groups excluding carboxylic acids is 1. The summed E-state index contributed by atoms with van der Waals surface area (Å²) >= 11 is 9.76. The zero-order valence-electron chi connectivity index (χ0n) is 17.6. The Morgan fingerprint density at radius 2 is 1.91 bits per heavy atom. The van der Waals surface area contributed by atoms with Crippen molar-refractivity contribution in [3.63, 3.8) is 0 Å². The fourth-order valence-electron chi connectivity index (χ4n) is 3.94. The van der Waals surface area contributed by atoms with Gasteiger partial charge in [-0.3, -0.25) is 9.59 Å². The second-order valence-corrected chi connectivity index (χ2v) is 9.18. The van der Waals surface area contributed by atoms with Gasteiger partial charge in [-0.1, -0.05) is 51.8 Å². The Morgan fingerprint density at radius 3 is 2.67 bits per heavy atom. The molecule has 0 saturated carbocycles. The molecule has 0 atom stereocenters. The standard InChI is InChI=1S/C25H19BrClN3O3/c1-15-7-9-21(20(27)11-15)28-23(31)14-29-25-19(13-16-12-17(26)8-10-22(16)33-25)24(32)30(29)18-5-3-2-4-6-18/h2-12H,13-14H2,1H3,(H,28,31). The van der Waals surface area contributed by atoms with Gasteiger partial charge in [-0.2, -0.15) is 0 Å². The Balaban J connectivity index is 1.57. The molecule has 1 N–H and O–H groups in total. The molecule has 33 heavy (non-hydrogen) atoms. The maximum Gasteiger partial charge on any atom is 0.278 e. The van der Waals surface area contributed by atoms with Gasteiger partial charge < -0.3 is 10.1 Å². The van der Waals surface area contributed by atoms with E-state index < -0.39 is 0 Å². The summed E-state index contributed by atoms with van der Waals surface area (Å²) in [4.78, 5) is 26.5. The molecule has 166 valence electrons. The number of rotatable bonds is 4. The van der Waals surface area contributed by atoms with Gasteiger partial charge in [0.2, 0.25) is 11.8 Å². The average molecular weight is 525 g/mol. The van der Waals surface area contributed by atoms with Crippen molar-refractivity contribution in [1.82, 2.24) is 9.36 Å². The van der Waals surface area contributed by atoms with Crippen LogP contribution in [0.15, 0.2) is 76.0 Å². The van der Waals surface area contributed by atoms with Crippen LogP contribution in [0.3, 0.4) is 0 Å². The van der Waals surface area contributed by atoms with Crippen LogP contribution >= 0.6 is 27.5 Å². The molecule has 8 heteroatoms. The summed E-state index contributed by atoms with van der Waals surface area (Å²) in [5, 5.41) is 3.29. The molecule has 1 aromatic heterocycles. The molecular weight excluding hydrogens is 506 g/mol. The summed E-state index contributed by atoms with van der Waals surface area (Å²) < 4.78 is 10.1. The molecule has 0 saturated heterocycles. The minimum Gasteiger partial charge on any atom is -0.439 e. The third-order valence-corrected chi connectivity index (χ3v) is 6.28. The van der Waals surface area contributed by atoms with Crippen LogP contribution in [0.1, 0.15) is 16.7 Å². The van der Waals surface area contributed by atoms with Crippen molar-refractivity contribution in [1.29, 1.82) is 0 Å². The number of fused-ring (bicyclic) bond motifs is 2. The number of hydrogen-bond acceptors (Lipinski definition) is 3. The molecule has 6 nitrogen and oxygen atoms in total. The van der Waals surface area contributed by atoms with Gasteiger partial charge in [0.25, 0.3) is 5.56 Å². The quantitative estimate of drug-likeness (QED) is 0.328. The van der Waals surface area contributed by atoms with Crippen molar-refractivity contribution >= 4 is 39.1 Å². The number of hydrogen-bond donors (Lipinski definition) is 1. The number of para-hydroxylation sites is 1. The lowest BCUT2D eigenvalue weighted by atomic mass is 10.0. The first kappa shape index (κ1) is 21.6. The molecule has 0 radical (unpaired) electrons. The Hall–Kier alpha value is -3.29. The largest absolute Gasteiger partial charge is 0.439 e. The number of ether oxygens (including phenoxy) is 1. The lowest BCUT2D eigenvalue weighted by Crippen LogP contribution is -2.27. The van der Waals surface area contributed by atoms with E-state index in [1.807, 2.05) is 61.5 Å². The maximum atomic E-state index is 13.5. The molecule has 0 unspecified atom stereocenters. The monoisotopic (exact) mass is 523 g/mol. The number of aryl methyl sites for hydroxylation is 1. The first-order chi connectivity index (χ1) is 15.9. The summed E-state index contributed by atoms with van der Waals surface area (Å²) in [6, 6.07) is 20.3. The highest BCUT2D eigenvalue weighted by Crippen LogP contribution is 2.37. The minimum absolute atomic E-state index is 0.129. The van der Waals surface area contributed by atoms with Crippen LogP contribution in [-0.2, 0) is 17.8 Å². The van der Waals surface area contributed by atoms with Crippen molar-refractivity contribution in [3.05, 3.63) is 103 Å². The van der Waals surface area contributed by atoms with Gasteiger partial charge in [0, 0.05) is 16.5 Å². The number of halogens is 2. The van der Waals surface area contributed by atoms with Crippen molar-refractivity contribution < 1.29 is 9.53 Å². The Bertz CT molecular complexity index is 1440. The maximum absolute atomic E-state index is 13.5. The van der Waals surface area contributed by atoms with E-state index >= 15 is 0 Å². The van der Waals surface area contributed by atoms with E-state index in [9.17, 15) is 9.59 Å². The fourth-order valence-corrected chi connectivity index (χ4v) is 4.63. The number of amides is 1. The van der Waals surface area contributed by atoms with E-state index in [4.69, 9.17) is 16.3 Å². The zero-order chi connectivity index (χ0) is 23.1. The summed E-state index contributed by atoms with van der Waals surface area (Å²) in [7, 11) is 0.